The van der Waals surface area contributed by atoms with Gasteiger partial charge in [-0.1, -0.05) is 6.92 Å². The van der Waals surface area contributed by atoms with Crippen molar-refractivity contribution in [3.05, 3.63) is 46.0 Å². The molecular weight excluding hydrogens is 487 g/mol. The molecule has 156 valence electrons. The molecule has 0 atom stereocenters. The van der Waals surface area contributed by atoms with Gasteiger partial charge in [0.25, 0.3) is 0 Å². The molecule has 1 aliphatic heterocycles. The zero-order valence-corrected chi connectivity index (χ0v) is 19.6. The van der Waals surface area contributed by atoms with E-state index in [1.54, 1.807) is 6.26 Å². The molecule has 2 N–H and O–H groups in total. The maximum Gasteiger partial charge on any atom is 0.191 e. The van der Waals surface area contributed by atoms with Crippen molar-refractivity contribution in [2.45, 2.75) is 26.3 Å². The number of hydrogen-bond acceptors (Lipinski definition) is 5. The number of thiophene rings is 1. The summed E-state index contributed by atoms with van der Waals surface area (Å²) in [6, 6.07) is 8.31. The SMILES string of the molecule is CCc1ccc(CN=C(NCCc2ccco2)NCCN2CCOCC2)s1.I. The molecule has 0 radical (unpaired) electrons. The highest BCUT2D eigenvalue weighted by Crippen LogP contribution is 2.17. The minimum absolute atomic E-state index is 0. The molecule has 6 nitrogen and oxygen atoms in total. The summed E-state index contributed by atoms with van der Waals surface area (Å²) >= 11 is 1.84. The molecule has 3 heterocycles. The van der Waals surface area contributed by atoms with Crippen molar-refractivity contribution in [2.24, 2.45) is 4.99 Å². The number of hydrogen-bond donors (Lipinski definition) is 2. The molecule has 0 saturated carbocycles. The lowest BCUT2D eigenvalue weighted by Crippen LogP contribution is -2.44. The van der Waals surface area contributed by atoms with Crippen LogP contribution < -0.4 is 10.6 Å². The number of morpholine rings is 1. The third-order valence-corrected chi connectivity index (χ3v) is 5.74. The van der Waals surface area contributed by atoms with E-state index in [0.717, 1.165) is 70.5 Å². The van der Waals surface area contributed by atoms with Gasteiger partial charge < -0.3 is 19.8 Å². The van der Waals surface area contributed by atoms with Crippen molar-refractivity contribution in [2.75, 3.05) is 45.9 Å². The van der Waals surface area contributed by atoms with Crippen LogP contribution in [0.2, 0.25) is 0 Å². The number of aryl methyl sites for hydroxylation is 1. The molecule has 0 aromatic carbocycles. The van der Waals surface area contributed by atoms with Crippen LogP contribution in [0.3, 0.4) is 0 Å². The van der Waals surface area contributed by atoms with Gasteiger partial charge in [0, 0.05) is 48.9 Å². The molecule has 0 amide bonds. The van der Waals surface area contributed by atoms with Crippen molar-refractivity contribution in [1.29, 1.82) is 0 Å². The molecule has 2 aromatic rings. The molecule has 1 aliphatic rings. The minimum Gasteiger partial charge on any atom is -0.469 e. The third-order valence-electron chi connectivity index (χ3n) is 4.53. The second kappa shape index (κ2) is 13.2. The normalized spacial score (nSPS) is 15.2. The Morgan fingerprint density at radius 1 is 1.14 bits per heavy atom. The Kier molecular flexibility index (Phi) is 10.9. The van der Waals surface area contributed by atoms with E-state index in [1.807, 2.05) is 23.5 Å². The van der Waals surface area contributed by atoms with Crippen LogP contribution in [0.5, 0.6) is 0 Å². The predicted octanol–water partition coefficient (Wildman–Crippen LogP) is 3.13. The Morgan fingerprint density at radius 2 is 1.93 bits per heavy atom. The maximum absolute atomic E-state index is 5.41. The van der Waals surface area contributed by atoms with Gasteiger partial charge >= 0.3 is 0 Å². The van der Waals surface area contributed by atoms with E-state index >= 15 is 0 Å². The molecule has 3 rings (SSSR count). The molecule has 0 spiro atoms. The first-order valence-corrected chi connectivity index (χ1v) is 10.6. The first kappa shape index (κ1) is 23.2. The quantitative estimate of drug-likeness (QED) is 0.304. The number of nitrogens with zero attached hydrogens (tertiary/aromatic N) is 2. The topological polar surface area (TPSA) is 62.0 Å². The summed E-state index contributed by atoms with van der Waals surface area (Å²) in [6.07, 6.45) is 3.64. The summed E-state index contributed by atoms with van der Waals surface area (Å²) in [6.45, 7) is 9.25. The third kappa shape index (κ3) is 8.10. The summed E-state index contributed by atoms with van der Waals surface area (Å²) in [4.78, 5) is 9.90. The molecular formula is C20H31IN4O2S. The van der Waals surface area contributed by atoms with Gasteiger partial charge in [0.1, 0.15) is 5.76 Å². The molecule has 0 bridgehead atoms. The Bertz CT molecular complexity index is 684. The van der Waals surface area contributed by atoms with Crippen LogP contribution in [0, 0.1) is 0 Å². The van der Waals surface area contributed by atoms with E-state index < -0.39 is 0 Å². The first-order valence-electron chi connectivity index (χ1n) is 9.75. The number of aliphatic imine (C=N–C) groups is 1. The number of rotatable bonds is 9. The van der Waals surface area contributed by atoms with E-state index in [9.17, 15) is 0 Å². The average molecular weight is 518 g/mol. The Labute approximate surface area is 188 Å². The van der Waals surface area contributed by atoms with Crippen LogP contribution in [0.15, 0.2) is 39.9 Å². The molecule has 28 heavy (non-hydrogen) atoms. The van der Waals surface area contributed by atoms with Crippen LogP contribution in [-0.4, -0.2) is 56.8 Å². The van der Waals surface area contributed by atoms with Crippen molar-refractivity contribution >= 4 is 41.3 Å². The van der Waals surface area contributed by atoms with Gasteiger partial charge in [-0.2, -0.15) is 0 Å². The van der Waals surface area contributed by atoms with Crippen molar-refractivity contribution in [1.82, 2.24) is 15.5 Å². The fourth-order valence-electron chi connectivity index (χ4n) is 2.94. The van der Waals surface area contributed by atoms with Gasteiger partial charge in [0.15, 0.2) is 5.96 Å². The maximum atomic E-state index is 5.41. The summed E-state index contributed by atoms with van der Waals surface area (Å²) in [7, 11) is 0. The van der Waals surface area contributed by atoms with E-state index in [-0.39, 0.29) is 24.0 Å². The van der Waals surface area contributed by atoms with Crippen LogP contribution in [0.4, 0.5) is 0 Å². The van der Waals surface area contributed by atoms with Gasteiger partial charge in [-0.3, -0.25) is 4.90 Å². The van der Waals surface area contributed by atoms with Crippen molar-refractivity contribution < 1.29 is 9.15 Å². The van der Waals surface area contributed by atoms with E-state index in [1.165, 1.54) is 9.75 Å². The van der Waals surface area contributed by atoms with Gasteiger partial charge in [0.05, 0.1) is 26.0 Å². The second-order valence-corrected chi connectivity index (χ2v) is 7.78. The number of guanidine groups is 1. The lowest BCUT2D eigenvalue weighted by atomic mass is 10.3. The fourth-order valence-corrected chi connectivity index (χ4v) is 3.83. The summed E-state index contributed by atoms with van der Waals surface area (Å²) < 4.78 is 10.8. The monoisotopic (exact) mass is 518 g/mol. The van der Waals surface area contributed by atoms with E-state index in [2.05, 4.69) is 34.6 Å². The highest BCUT2D eigenvalue weighted by atomic mass is 127. The number of nitrogens with one attached hydrogen (secondary N) is 2. The molecule has 0 aliphatic carbocycles. The first-order chi connectivity index (χ1) is 13.3. The Morgan fingerprint density at radius 3 is 2.64 bits per heavy atom. The van der Waals surface area contributed by atoms with Crippen LogP contribution in [0.1, 0.15) is 22.4 Å². The van der Waals surface area contributed by atoms with Gasteiger partial charge in [-0.25, -0.2) is 4.99 Å². The number of halogens is 1. The second-order valence-electron chi connectivity index (χ2n) is 6.52. The minimum atomic E-state index is 0. The van der Waals surface area contributed by atoms with Crippen LogP contribution in [-0.2, 0) is 24.1 Å². The van der Waals surface area contributed by atoms with E-state index in [0.29, 0.717) is 6.54 Å². The van der Waals surface area contributed by atoms with Crippen LogP contribution >= 0.6 is 35.3 Å². The highest BCUT2D eigenvalue weighted by molar-refractivity contribution is 14.0. The summed E-state index contributed by atoms with van der Waals surface area (Å²) in [5.41, 5.74) is 0. The fraction of sp³-hybridized carbons (Fsp3) is 0.550. The Balaban J connectivity index is 0.00000280. The standard InChI is InChI=1S/C20H30N4O2S.HI/c1-2-18-5-6-19(27-18)16-23-20(21-8-7-17-4-3-13-26-17)22-9-10-24-11-14-25-15-12-24;/h3-6,13H,2,7-12,14-16H2,1H3,(H2,21,22,23);1H. The van der Waals surface area contributed by atoms with E-state index in [4.69, 9.17) is 14.1 Å². The molecule has 1 fully saturated rings. The van der Waals surface area contributed by atoms with Gasteiger partial charge in [0.2, 0.25) is 0 Å². The highest BCUT2D eigenvalue weighted by Gasteiger charge is 2.10. The zero-order chi connectivity index (χ0) is 18.7. The lowest BCUT2D eigenvalue weighted by molar-refractivity contribution is 0.0389. The summed E-state index contributed by atoms with van der Waals surface area (Å²) in [5, 5.41) is 6.90. The van der Waals surface area contributed by atoms with Gasteiger partial charge in [-0.15, -0.1) is 35.3 Å². The predicted molar refractivity (Wildman–Crippen MR) is 126 cm³/mol. The Hall–Kier alpha value is -1.10. The molecule has 8 heteroatoms. The smallest absolute Gasteiger partial charge is 0.191 e. The van der Waals surface area contributed by atoms with Crippen molar-refractivity contribution in [3.63, 3.8) is 0 Å². The lowest BCUT2D eigenvalue weighted by Gasteiger charge is -2.26. The van der Waals surface area contributed by atoms with Crippen LogP contribution in [0.25, 0.3) is 0 Å². The molecule has 1 saturated heterocycles. The number of furan rings is 1. The largest absolute Gasteiger partial charge is 0.469 e. The zero-order valence-electron chi connectivity index (χ0n) is 16.5. The molecule has 2 aromatic heterocycles. The number of ether oxygens (including phenoxy) is 1. The molecule has 0 unspecified atom stereocenters. The van der Waals surface area contributed by atoms with Gasteiger partial charge in [-0.05, 0) is 30.7 Å². The average Bonchev–Trinajstić information content (AvgIpc) is 3.38. The summed E-state index contributed by atoms with van der Waals surface area (Å²) in [5.74, 6) is 1.85. The van der Waals surface area contributed by atoms with Crippen molar-refractivity contribution in [3.8, 4) is 0 Å².